The van der Waals surface area contributed by atoms with E-state index < -0.39 is 5.54 Å². The second-order valence-corrected chi connectivity index (χ2v) is 7.96. The van der Waals surface area contributed by atoms with Gasteiger partial charge in [-0.15, -0.1) is 12.4 Å². The third-order valence-electron chi connectivity index (χ3n) is 6.40. The first-order chi connectivity index (χ1) is 11.0. The van der Waals surface area contributed by atoms with Crippen LogP contribution in [0.25, 0.3) is 0 Å². The fraction of sp³-hybridized carbons (Fsp3) is 0.632. The molecule has 0 aromatic heterocycles. The van der Waals surface area contributed by atoms with E-state index in [1.807, 2.05) is 6.07 Å². The number of nitrogens with one attached hydrogen (secondary N) is 1. The SMILES string of the molecule is CC1(C)C2OCCCC2C1(N)C(=O)NC1CC1c1ccccc1.Cl. The number of nitrogens with two attached hydrogens (primary N) is 1. The van der Waals surface area contributed by atoms with Gasteiger partial charge in [0, 0.05) is 29.9 Å². The van der Waals surface area contributed by atoms with Crippen LogP contribution < -0.4 is 11.1 Å². The summed E-state index contributed by atoms with van der Waals surface area (Å²) in [6, 6.07) is 10.6. The Morgan fingerprint density at radius 2 is 2.00 bits per heavy atom. The van der Waals surface area contributed by atoms with Gasteiger partial charge < -0.3 is 15.8 Å². The third kappa shape index (κ3) is 2.39. The molecule has 3 fully saturated rings. The summed E-state index contributed by atoms with van der Waals surface area (Å²) in [4.78, 5) is 13.0. The lowest BCUT2D eigenvalue weighted by atomic mass is 9.46. The Morgan fingerprint density at radius 3 is 2.71 bits per heavy atom. The second-order valence-electron chi connectivity index (χ2n) is 7.96. The number of fused-ring (bicyclic) bond motifs is 1. The Balaban J connectivity index is 0.00000169. The molecule has 5 atom stereocenters. The van der Waals surface area contributed by atoms with Crippen molar-refractivity contribution in [1.29, 1.82) is 0 Å². The van der Waals surface area contributed by atoms with E-state index in [2.05, 4.69) is 43.4 Å². The average Bonchev–Trinajstić information content (AvgIpc) is 3.34. The number of amides is 1. The first-order valence-corrected chi connectivity index (χ1v) is 8.72. The van der Waals surface area contributed by atoms with Gasteiger partial charge in [-0.2, -0.15) is 0 Å². The van der Waals surface area contributed by atoms with Crippen LogP contribution >= 0.6 is 12.4 Å². The van der Waals surface area contributed by atoms with Gasteiger partial charge in [0.25, 0.3) is 0 Å². The highest BCUT2D eigenvalue weighted by Crippen LogP contribution is 2.57. The first kappa shape index (κ1) is 17.7. The van der Waals surface area contributed by atoms with Crippen molar-refractivity contribution < 1.29 is 9.53 Å². The molecule has 2 aliphatic carbocycles. The number of hydrogen-bond acceptors (Lipinski definition) is 3. The van der Waals surface area contributed by atoms with Crippen molar-refractivity contribution in [1.82, 2.24) is 5.32 Å². The summed E-state index contributed by atoms with van der Waals surface area (Å²) >= 11 is 0. The van der Waals surface area contributed by atoms with Crippen LogP contribution in [0.15, 0.2) is 30.3 Å². The van der Waals surface area contributed by atoms with Gasteiger partial charge in [-0.05, 0) is 24.8 Å². The average molecular weight is 351 g/mol. The molecule has 0 spiro atoms. The Kier molecular flexibility index (Phi) is 4.44. The topological polar surface area (TPSA) is 64.3 Å². The molecule has 2 saturated carbocycles. The monoisotopic (exact) mass is 350 g/mol. The maximum Gasteiger partial charge on any atom is 0.241 e. The van der Waals surface area contributed by atoms with E-state index in [1.54, 1.807) is 0 Å². The maximum atomic E-state index is 13.0. The summed E-state index contributed by atoms with van der Waals surface area (Å²) < 4.78 is 5.89. The van der Waals surface area contributed by atoms with Gasteiger partial charge in [0.1, 0.15) is 5.54 Å². The van der Waals surface area contributed by atoms with Crippen molar-refractivity contribution in [3.05, 3.63) is 35.9 Å². The van der Waals surface area contributed by atoms with E-state index in [-0.39, 0.29) is 41.8 Å². The molecule has 1 saturated heterocycles. The van der Waals surface area contributed by atoms with Gasteiger partial charge in [0.05, 0.1) is 6.10 Å². The van der Waals surface area contributed by atoms with Gasteiger partial charge >= 0.3 is 0 Å². The van der Waals surface area contributed by atoms with Crippen molar-refractivity contribution >= 4 is 18.3 Å². The van der Waals surface area contributed by atoms with Gasteiger partial charge in [-0.1, -0.05) is 44.2 Å². The Labute approximate surface area is 149 Å². The molecule has 5 unspecified atom stereocenters. The molecule has 0 radical (unpaired) electrons. The molecule has 24 heavy (non-hydrogen) atoms. The van der Waals surface area contributed by atoms with E-state index >= 15 is 0 Å². The minimum absolute atomic E-state index is 0. The summed E-state index contributed by atoms with van der Waals surface area (Å²) in [5.74, 6) is 0.600. The van der Waals surface area contributed by atoms with Crippen molar-refractivity contribution in [2.45, 2.75) is 56.7 Å². The molecule has 4 rings (SSSR count). The highest BCUT2D eigenvalue weighted by molar-refractivity contribution is 5.90. The molecule has 132 valence electrons. The fourth-order valence-corrected chi connectivity index (χ4v) is 4.75. The van der Waals surface area contributed by atoms with E-state index in [4.69, 9.17) is 10.5 Å². The number of ether oxygens (including phenoxy) is 1. The van der Waals surface area contributed by atoms with Crippen LogP contribution in [0, 0.1) is 11.3 Å². The van der Waals surface area contributed by atoms with E-state index in [1.165, 1.54) is 5.56 Å². The van der Waals surface area contributed by atoms with E-state index in [0.29, 0.717) is 5.92 Å². The molecule has 3 N–H and O–H groups in total. The number of carbonyl (C=O) groups is 1. The fourth-order valence-electron chi connectivity index (χ4n) is 4.75. The smallest absolute Gasteiger partial charge is 0.241 e. The number of carbonyl (C=O) groups excluding carboxylic acids is 1. The summed E-state index contributed by atoms with van der Waals surface area (Å²) in [6.45, 7) is 4.93. The van der Waals surface area contributed by atoms with E-state index in [9.17, 15) is 4.79 Å². The van der Waals surface area contributed by atoms with Crippen LogP contribution in [-0.2, 0) is 9.53 Å². The molecular formula is C19H27ClN2O2. The normalized spacial score (nSPS) is 39.0. The molecule has 5 heteroatoms. The van der Waals surface area contributed by atoms with Crippen LogP contribution in [0.4, 0.5) is 0 Å². The highest BCUT2D eigenvalue weighted by atomic mass is 35.5. The molecule has 1 aliphatic heterocycles. The van der Waals surface area contributed by atoms with Crippen molar-refractivity contribution in [2.24, 2.45) is 17.1 Å². The number of halogens is 1. The van der Waals surface area contributed by atoms with Crippen molar-refractivity contribution in [3.8, 4) is 0 Å². The van der Waals surface area contributed by atoms with Crippen molar-refractivity contribution in [3.63, 3.8) is 0 Å². The highest BCUT2D eigenvalue weighted by Gasteiger charge is 2.70. The zero-order valence-electron chi connectivity index (χ0n) is 14.3. The van der Waals surface area contributed by atoms with Crippen LogP contribution in [0.1, 0.15) is 44.6 Å². The van der Waals surface area contributed by atoms with Gasteiger partial charge in [0.15, 0.2) is 0 Å². The minimum Gasteiger partial charge on any atom is -0.377 e. The predicted molar refractivity (Wildman–Crippen MR) is 96.1 cm³/mol. The summed E-state index contributed by atoms with van der Waals surface area (Å²) in [5, 5.41) is 3.21. The first-order valence-electron chi connectivity index (χ1n) is 8.72. The van der Waals surface area contributed by atoms with Crippen LogP contribution in [0.3, 0.4) is 0 Å². The predicted octanol–water partition coefficient (Wildman–Crippen LogP) is 2.61. The summed E-state index contributed by atoms with van der Waals surface area (Å²) in [7, 11) is 0. The number of benzene rings is 1. The number of rotatable bonds is 3. The molecule has 3 aliphatic rings. The zero-order valence-corrected chi connectivity index (χ0v) is 15.1. The Bertz CT molecular complexity index is 621. The zero-order chi connectivity index (χ0) is 16.2. The van der Waals surface area contributed by atoms with Crippen LogP contribution in [0.2, 0.25) is 0 Å². The molecular weight excluding hydrogens is 324 g/mol. The Hall–Kier alpha value is -1.10. The van der Waals surface area contributed by atoms with E-state index in [0.717, 1.165) is 25.9 Å². The maximum absolute atomic E-state index is 13.0. The minimum atomic E-state index is -0.804. The summed E-state index contributed by atoms with van der Waals surface area (Å²) in [5.41, 5.74) is 6.84. The molecule has 0 bridgehead atoms. The van der Waals surface area contributed by atoms with Crippen LogP contribution in [0.5, 0.6) is 0 Å². The Morgan fingerprint density at radius 1 is 1.29 bits per heavy atom. The quantitative estimate of drug-likeness (QED) is 0.880. The number of hydrogen-bond donors (Lipinski definition) is 2. The van der Waals surface area contributed by atoms with Gasteiger partial charge in [-0.25, -0.2) is 0 Å². The standard InChI is InChI=1S/C19H26N2O2.ClH/c1-18(2)16-14(9-6-10-23-16)19(18,20)17(22)21-15-11-13(15)12-7-4-3-5-8-12;/h3-5,7-8,13-16H,6,9-11,20H2,1-2H3,(H,21,22);1H. The third-order valence-corrected chi connectivity index (χ3v) is 6.40. The molecule has 1 aromatic carbocycles. The van der Waals surface area contributed by atoms with Crippen LogP contribution in [-0.4, -0.2) is 30.2 Å². The lowest BCUT2D eigenvalue weighted by molar-refractivity contribution is -0.225. The van der Waals surface area contributed by atoms with Crippen molar-refractivity contribution in [2.75, 3.05) is 6.61 Å². The largest absolute Gasteiger partial charge is 0.377 e. The molecule has 1 aromatic rings. The molecule has 1 heterocycles. The van der Waals surface area contributed by atoms with Gasteiger partial charge in [-0.3, -0.25) is 4.79 Å². The summed E-state index contributed by atoms with van der Waals surface area (Å²) in [6.07, 6.45) is 3.12. The molecule has 1 amide bonds. The van der Waals surface area contributed by atoms with Gasteiger partial charge in [0.2, 0.25) is 5.91 Å². The lowest BCUT2D eigenvalue weighted by Crippen LogP contribution is -2.82. The molecule has 4 nitrogen and oxygen atoms in total. The lowest BCUT2D eigenvalue weighted by Gasteiger charge is -2.65. The second kappa shape index (κ2) is 6.01.